The molecule has 0 heterocycles. The van der Waals surface area contributed by atoms with Crippen molar-refractivity contribution in [1.29, 1.82) is 0 Å². The topological polar surface area (TPSA) is 52.3 Å². The molecule has 0 saturated carbocycles. The molecule has 0 unspecified atom stereocenters. The van der Waals surface area contributed by atoms with E-state index >= 15 is 0 Å². The summed E-state index contributed by atoms with van der Waals surface area (Å²) in [5.74, 6) is -0.435. The van der Waals surface area contributed by atoms with Crippen LogP contribution in [-0.4, -0.2) is 13.1 Å². The van der Waals surface area contributed by atoms with Gasteiger partial charge in [-0.1, -0.05) is 11.6 Å². The molecule has 0 amide bonds. The second kappa shape index (κ2) is 4.50. The Morgan fingerprint density at radius 1 is 1.62 bits per heavy atom. The minimum Gasteiger partial charge on any atom is -0.465 e. The molecule has 2 N–H and O–H groups in total. The Bertz CT molecular complexity index is 330. The number of carbonyl (C=O) groups is 1. The van der Waals surface area contributed by atoms with E-state index in [-0.39, 0.29) is 0 Å². The second-order valence-electron chi connectivity index (χ2n) is 2.25. The highest BCUT2D eigenvalue weighted by Crippen LogP contribution is 2.22. The highest BCUT2D eigenvalue weighted by Gasteiger charge is 2.11. The molecule has 1 aromatic rings. The minimum atomic E-state index is -0.435. The molecule has 0 aromatic heterocycles. The molecular formula is C8H8ClNO2S. The molecule has 0 atom stereocenters. The molecule has 13 heavy (non-hydrogen) atoms. The van der Waals surface area contributed by atoms with Crippen molar-refractivity contribution < 1.29 is 9.53 Å². The van der Waals surface area contributed by atoms with Crippen LogP contribution in [0, 0.1) is 0 Å². The van der Waals surface area contributed by atoms with E-state index in [1.165, 1.54) is 13.2 Å². The first-order valence-electron chi connectivity index (χ1n) is 3.43. The van der Waals surface area contributed by atoms with Gasteiger partial charge >= 0.3 is 5.97 Å². The number of esters is 1. The van der Waals surface area contributed by atoms with E-state index in [1.807, 2.05) is 0 Å². The molecule has 0 bridgehead atoms. The van der Waals surface area contributed by atoms with Gasteiger partial charge in [-0.3, -0.25) is 5.14 Å². The summed E-state index contributed by atoms with van der Waals surface area (Å²) in [7, 11) is 1.31. The highest BCUT2D eigenvalue weighted by molar-refractivity contribution is 7.97. The lowest BCUT2D eigenvalue weighted by molar-refractivity contribution is 0.0597. The van der Waals surface area contributed by atoms with Gasteiger partial charge in [0.15, 0.2) is 0 Å². The SMILES string of the molecule is COC(=O)c1cc(Cl)ccc1SN. The number of hydrogen-bond acceptors (Lipinski definition) is 4. The number of rotatable bonds is 2. The van der Waals surface area contributed by atoms with Gasteiger partial charge in [0.2, 0.25) is 0 Å². The summed E-state index contributed by atoms with van der Waals surface area (Å²) in [4.78, 5) is 11.8. The summed E-state index contributed by atoms with van der Waals surface area (Å²) in [5.41, 5.74) is 0.391. The summed E-state index contributed by atoms with van der Waals surface area (Å²) in [6, 6.07) is 4.88. The second-order valence-corrected chi connectivity index (χ2v) is 3.36. The van der Waals surface area contributed by atoms with Crippen LogP contribution in [0.1, 0.15) is 10.4 Å². The normalized spacial score (nSPS) is 9.77. The molecule has 3 nitrogen and oxygen atoms in total. The predicted octanol–water partition coefficient (Wildman–Crippen LogP) is 2.09. The monoisotopic (exact) mass is 217 g/mol. The van der Waals surface area contributed by atoms with Crippen molar-refractivity contribution in [3.05, 3.63) is 28.8 Å². The van der Waals surface area contributed by atoms with E-state index in [2.05, 4.69) is 4.74 Å². The number of methoxy groups -OCH3 is 1. The van der Waals surface area contributed by atoms with Crippen molar-refractivity contribution in [3.63, 3.8) is 0 Å². The molecule has 1 rings (SSSR count). The van der Waals surface area contributed by atoms with Crippen molar-refractivity contribution in [2.45, 2.75) is 4.90 Å². The van der Waals surface area contributed by atoms with Gasteiger partial charge in [0, 0.05) is 9.92 Å². The molecular weight excluding hydrogens is 210 g/mol. The Balaban J connectivity index is 3.15. The number of nitrogens with two attached hydrogens (primary N) is 1. The van der Waals surface area contributed by atoms with Gasteiger partial charge in [-0.05, 0) is 30.1 Å². The first kappa shape index (κ1) is 10.4. The first-order chi connectivity index (χ1) is 6.19. The van der Waals surface area contributed by atoms with E-state index < -0.39 is 5.97 Å². The quantitative estimate of drug-likeness (QED) is 0.609. The Morgan fingerprint density at radius 2 is 2.31 bits per heavy atom. The third-order valence-corrected chi connectivity index (χ3v) is 2.32. The summed E-state index contributed by atoms with van der Waals surface area (Å²) >= 11 is 6.71. The maximum absolute atomic E-state index is 11.2. The van der Waals surface area contributed by atoms with Gasteiger partial charge in [-0.15, -0.1) is 0 Å². The van der Waals surface area contributed by atoms with Crippen LogP contribution >= 0.6 is 23.5 Å². The van der Waals surface area contributed by atoms with Gasteiger partial charge in [0.05, 0.1) is 12.7 Å². The van der Waals surface area contributed by atoms with Crippen LogP contribution in [0.5, 0.6) is 0 Å². The number of carbonyl (C=O) groups excluding carboxylic acids is 1. The molecule has 0 aliphatic carbocycles. The lowest BCUT2D eigenvalue weighted by Gasteiger charge is -2.04. The van der Waals surface area contributed by atoms with Crippen LogP contribution in [0.25, 0.3) is 0 Å². The number of halogens is 1. The van der Waals surface area contributed by atoms with E-state index in [0.29, 0.717) is 15.5 Å². The zero-order valence-corrected chi connectivity index (χ0v) is 8.48. The summed E-state index contributed by atoms with van der Waals surface area (Å²) in [5, 5.41) is 5.84. The average Bonchev–Trinajstić information content (AvgIpc) is 2.16. The summed E-state index contributed by atoms with van der Waals surface area (Å²) in [6.45, 7) is 0. The summed E-state index contributed by atoms with van der Waals surface area (Å²) in [6.07, 6.45) is 0. The smallest absolute Gasteiger partial charge is 0.339 e. The van der Waals surface area contributed by atoms with E-state index in [0.717, 1.165) is 11.9 Å². The molecule has 1 aromatic carbocycles. The van der Waals surface area contributed by atoms with Gasteiger partial charge < -0.3 is 4.74 Å². The predicted molar refractivity (Wildman–Crippen MR) is 52.8 cm³/mol. The molecule has 0 aliphatic heterocycles. The van der Waals surface area contributed by atoms with E-state index in [4.69, 9.17) is 16.7 Å². The fourth-order valence-corrected chi connectivity index (χ4v) is 1.46. The number of ether oxygens (including phenoxy) is 1. The first-order valence-corrected chi connectivity index (χ1v) is 4.69. The average molecular weight is 218 g/mol. The van der Waals surface area contributed by atoms with E-state index in [9.17, 15) is 4.79 Å². The van der Waals surface area contributed by atoms with Crippen LogP contribution in [0.15, 0.2) is 23.1 Å². The lowest BCUT2D eigenvalue weighted by atomic mass is 10.2. The Labute approximate surface area is 85.3 Å². The minimum absolute atomic E-state index is 0.391. The third-order valence-electron chi connectivity index (χ3n) is 1.47. The van der Waals surface area contributed by atoms with E-state index in [1.54, 1.807) is 12.1 Å². The number of hydrogen-bond donors (Lipinski definition) is 1. The maximum Gasteiger partial charge on any atom is 0.339 e. The van der Waals surface area contributed by atoms with Gasteiger partial charge in [0.25, 0.3) is 0 Å². The molecule has 0 aliphatic rings. The van der Waals surface area contributed by atoms with Gasteiger partial charge in [0.1, 0.15) is 0 Å². The van der Waals surface area contributed by atoms with Crippen molar-refractivity contribution >= 4 is 29.5 Å². The zero-order chi connectivity index (χ0) is 9.84. The molecule has 0 radical (unpaired) electrons. The van der Waals surface area contributed by atoms with Crippen molar-refractivity contribution in [2.24, 2.45) is 5.14 Å². The molecule has 0 fully saturated rings. The number of benzene rings is 1. The summed E-state index contributed by atoms with van der Waals surface area (Å²) < 4.78 is 4.57. The lowest BCUT2D eigenvalue weighted by Crippen LogP contribution is -2.03. The zero-order valence-electron chi connectivity index (χ0n) is 6.91. The third kappa shape index (κ3) is 2.37. The Kier molecular flexibility index (Phi) is 3.59. The highest BCUT2D eigenvalue weighted by atomic mass is 35.5. The fraction of sp³-hybridized carbons (Fsp3) is 0.125. The van der Waals surface area contributed by atoms with Crippen molar-refractivity contribution in [3.8, 4) is 0 Å². The van der Waals surface area contributed by atoms with Crippen molar-refractivity contribution in [1.82, 2.24) is 0 Å². The fourth-order valence-electron chi connectivity index (χ4n) is 0.874. The standard InChI is InChI=1S/C8H8ClNO2S/c1-12-8(11)6-4-5(9)2-3-7(6)13-10/h2-4H,10H2,1H3. The van der Waals surface area contributed by atoms with Crippen LogP contribution < -0.4 is 5.14 Å². The van der Waals surface area contributed by atoms with Crippen LogP contribution in [0.4, 0.5) is 0 Å². The Hall–Kier alpha value is -0.710. The molecule has 0 saturated heterocycles. The van der Waals surface area contributed by atoms with Crippen LogP contribution in [0.3, 0.4) is 0 Å². The van der Waals surface area contributed by atoms with Crippen molar-refractivity contribution in [2.75, 3.05) is 7.11 Å². The molecule has 0 spiro atoms. The van der Waals surface area contributed by atoms with Crippen LogP contribution in [-0.2, 0) is 4.74 Å². The van der Waals surface area contributed by atoms with Gasteiger partial charge in [-0.2, -0.15) is 0 Å². The molecule has 70 valence electrons. The largest absolute Gasteiger partial charge is 0.465 e. The van der Waals surface area contributed by atoms with Crippen LogP contribution in [0.2, 0.25) is 5.02 Å². The maximum atomic E-state index is 11.2. The Morgan fingerprint density at radius 3 is 2.85 bits per heavy atom. The van der Waals surface area contributed by atoms with Gasteiger partial charge in [-0.25, -0.2) is 4.79 Å². The molecule has 5 heteroatoms.